The second-order valence-electron chi connectivity index (χ2n) is 13.4. The van der Waals surface area contributed by atoms with Crippen molar-refractivity contribution in [2.75, 3.05) is 25.5 Å². The van der Waals surface area contributed by atoms with E-state index in [0.717, 1.165) is 55.2 Å². The van der Waals surface area contributed by atoms with Crippen molar-refractivity contribution < 1.29 is 29.6 Å². The highest BCUT2D eigenvalue weighted by molar-refractivity contribution is 7.12. The van der Waals surface area contributed by atoms with Crippen LogP contribution in [0.25, 0.3) is 11.0 Å². The number of benzene rings is 2. The molecule has 5 aromatic rings. The van der Waals surface area contributed by atoms with Crippen LogP contribution in [-0.4, -0.2) is 73.9 Å². The van der Waals surface area contributed by atoms with Crippen molar-refractivity contribution in [3.8, 4) is 5.75 Å². The largest absolute Gasteiger partial charge is 0.506 e. The van der Waals surface area contributed by atoms with Crippen LogP contribution in [0.2, 0.25) is 0 Å². The Hall–Kier alpha value is -4.31. The van der Waals surface area contributed by atoms with Crippen LogP contribution in [0.3, 0.4) is 0 Å². The maximum absolute atomic E-state index is 13.4. The third kappa shape index (κ3) is 8.49. The fraction of sp³-hybridized carbons (Fsp3) is 0.395. The molecule has 0 spiro atoms. The molecule has 0 aliphatic heterocycles. The molecule has 14 heteroatoms. The number of imidazole rings is 1. The van der Waals surface area contributed by atoms with Crippen LogP contribution in [0.1, 0.15) is 66.0 Å². The summed E-state index contributed by atoms with van der Waals surface area (Å²) in [6, 6.07) is 17.9. The first-order valence-corrected chi connectivity index (χ1v) is 19.2. The molecule has 0 radical (unpaired) electrons. The Labute approximate surface area is 309 Å². The zero-order chi connectivity index (χ0) is 36.8. The van der Waals surface area contributed by atoms with Gasteiger partial charge in [-0.05, 0) is 104 Å². The summed E-state index contributed by atoms with van der Waals surface area (Å²) in [5.74, 6) is -1.01. The van der Waals surface area contributed by atoms with Gasteiger partial charge in [0, 0.05) is 32.6 Å². The molecule has 0 saturated heterocycles. The van der Waals surface area contributed by atoms with Gasteiger partial charge in [-0.25, -0.2) is 9.59 Å². The molecule has 276 valence electrons. The molecule has 2 aromatic carbocycles. The monoisotopic (exact) mass is 747 g/mol. The molecule has 6 rings (SSSR count). The first-order chi connectivity index (χ1) is 25.0. The number of aliphatic hydroxyl groups excluding tert-OH is 1. The fourth-order valence-corrected chi connectivity index (χ4v) is 8.57. The molecule has 1 atom stereocenters. The Kier molecular flexibility index (Phi) is 11.9. The summed E-state index contributed by atoms with van der Waals surface area (Å²) < 4.78 is 7.69. The van der Waals surface area contributed by atoms with E-state index in [2.05, 4.69) is 27.6 Å². The number of thiophene rings is 2. The van der Waals surface area contributed by atoms with Crippen LogP contribution >= 0.6 is 22.7 Å². The Bertz CT molecular complexity index is 1980. The van der Waals surface area contributed by atoms with Gasteiger partial charge in [-0.2, -0.15) is 0 Å². The molecule has 6 N–H and O–H groups in total. The second-order valence-corrected chi connectivity index (χ2v) is 15.3. The van der Waals surface area contributed by atoms with Gasteiger partial charge in [-0.15, -0.1) is 22.7 Å². The molecule has 1 aliphatic rings. The number of esters is 1. The first kappa shape index (κ1) is 37.4. The Morgan fingerprint density at radius 2 is 1.77 bits per heavy atom. The molecule has 3 aromatic heterocycles. The molecule has 1 fully saturated rings. The lowest BCUT2D eigenvalue weighted by Gasteiger charge is -2.35. The lowest BCUT2D eigenvalue weighted by Crippen LogP contribution is -2.42. The minimum Gasteiger partial charge on any atom is -0.506 e. The summed E-state index contributed by atoms with van der Waals surface area (Å²) in [7, 11) is 2.10. The van der Waals surface area contributed by atoms with Gasteiger partial charge < -0.3 is 40.6 Å². The van der Waals surface area contributed by atoms with Gasteiger partial charge in [0.1, 0.15) is 11.9 Å². The quantitative estimate of drug-likeness (QED) is 0.0634. The molecular weight excluding hydrogens is 703 g/mol. The van der Waals surface area contributed by atoms with Crippen molar-refractivity contribution in [3.05, 3.63) is 103 Å². The van der Waals surface area contributed by atoms with Gasteiger partial charge in [-0.3, -0.25) is 9.36 Å². The molecule has 1 saturated carbocycles. The number of carbonyl (C=O) groups is 2. The SMILES string of the molecule is CC(=O)Nc1cc([C@@H](O)CNCc2ccc3c(c2)[nH]c(=O)n3CCCN(C)C2CCC(OC(=O)C(O)(c3cccs3)c3cccs3)CC2)ccc1O. The number of aliphatic hydroxyl groups is 2. The number of phenolic OH excluding ortho intramolecular Hbond substituents is 1. The average Bonchev–Trinajstić information content (AvgIpc) is 3.92. The first-order valence-electron chi connectivity index (χ1n) is 17.4. The molecule has 0 unspecified atom stereocenters. The van der Waals surface area contributed by atoms with Gasteiger partial charge >= 0.3 is 11.7 Å². The topological polar surface area (TPSA) is 169 Å². The number of anilines is 1. The lowest BCUT2D eigenvalue weighted by atomic mass is 9.91. The predicted molar refractivity (Wildman–Crippen MR) is 203 cm³/mol. The molecule has 3 heterocycles. The number of phenols is 1. The highest BCUT2D eigenvalue weighted by Gasteiger charge is 2.45. The van der Waals surface area contributed by atoms with E-state index in [1.807, 2.05) is 41.1 Å². The number of hydrogen-bond acceptors (Lipinski definition) is 11. The summed E-state index contributed by atoms with van der Waals surface area (Å²) in [5, 5.41) is 41.6. The van der Waals surface area contributed by atoms with Crippen molar-refractivity contribution in [2.24, 2.45) is 0 Å². The van der Waals surface area contributed by atoms with E-state index in [-0.39, 0.29) is 35.7 Å². The zero-order valence-corrected chi connectivity index (χ0v) is 30.8. The second kappa shape index (κ2) is 16.6. The standard InChI is InChI=1S/C38H45N5O7S2/c1-24(44)40-30-21-26(9-15-32(30)45)33(46)23-39-22-25-8-14-31-29(20-25)41-37(48)43(31)17-5-16-42(2)27-10-12-28(13-11-27)50-36(47)38(49,34-6-3-18-51-34)35-7-4-19-52-35/h3-4,6-9,14-15,18-21,27-28,33,39,45-46,49H,5,10-13,16-17,22-23H2,1-2H3,(H,40,44)(H,41,48)/t27?,28?,33-/m0/s1. The number of aromatic nitrogens is 2. The average molecular weight is 748 g/mol. The Balaban J connectivity index is 0.957. The number of amides is 1. The minimum absolute atomic E-state index is 0.0735. The molecule has 12 nitrogen and oxygen atoms in total. The van der Waals surface area contributed by atoms with Crippen LogP contribution in [0, 0.1) is 0 Å². The molecule has 0 bridgehead atoms. The fourth-order valence-electron chi connectivity index (χ4n) is 6.86. The van der Waals surface area contributed by atoms with E-state index in [0.29, 0.717) is 34.4 Å². The van der Waals surface area contributed by atoms with E-state index in [1.165, 1.54) is 35.7 Å². The minimum atomic E-state index is -1.80. The number of nitrogens with zero attached hydrogens (tertiary/aromatic N) is 2. The van der Waals surface area contributed by atoms with Gasteiger partial charge in [0.15, 0.2) is 0 Å². The summed E-state index contributed by atoms with van der Waals surface area (Å²) in [4.78, 5) is 44.1. The van der Waals surface area contributed by atoms with Gasteiger partial charge in [0.2, 0.25) is 11.5 Å². The number of ether oxygens (including phenoxy) is 1. The van der Waals surface area contributed by atoms with E-state index in [1.54, 1.807) is 28.8 Å². The summed E-state index contributed by atoms with van der Waals surface area (Å²) in [5.41, 5.74) is 1.37. The maximum Gasteiger partial charge on any atom is 0.349 e. The summed E-state index contributed by atoms with van der Waals surface area (Å²) >= 11 is 2.67. The lowest BCUT2D eigenvalue weighted by molar-refractivity contribution is -0.169. The number of H-pyrrole nitrogens is 1. The number of carbonyl (C=O) groups excluding carboxylic acids is 2. The molecule has 1 amide bonds. The van der Waals surface area contributed by atoms with E-state index >= 15 is 0 Å². The number of aryl methyl sites for hydroxylation is 1. The van der Waals surface area contributed by atoms with Gasteiger partial charge in [0.25, 0.3) is 0 Å². The van der Waals surface area contributed by atoms with E-state index in [4.69, 9.17) is 4.74 Å². The van der Waals surface area contributed by atoms with Crippen molar-refractivity contribution in [1.29, 1.82) is 0 Å². The number of fused-ring (bicyclic) bond motifs is 1. The van der Waals surface area contributed by atoms with Gasteiger partial charge in [-0.1, -0.05) is 24.3 Å². The number of aromatic amines is 1. The smallest absolute Gasteiger partial charge is 0.349 e. The van der Waals surface area contributed by atoms with Crippen molar-refractivity contribution in [3.63, 3.8) is 0 Å². The van der Waals surface area contributed by atoms with Crippen molar-refractivity contribution >= 4 is 51.3 Å². The van der Waals surface area contributed by atoms with E-state index < -0.39 is 17.7 Å². The number of aromatic hydroxyl groups is 1. The van der Waals surface area contributed by atoms with E-state index in [9.17, 15) is 29.7 Å². The van der Waals surface area contributed by atoms with Crippen LogP contribution < -0.4 is 16.3 Å². The van der Waals surface area contributed by atoms with Gasteiger partial charge in [0.05, 0.1) is 32.6 Å². The molecule has 52 heavy (non-hydrogen) atoms. The third-order valence-electron chi connectivity index (χ3n) is 9.71. The number of rotatable bonds is 15. The predicted octanol–water partition coefficient (Wildman–Crippen LogP) is 5.05. The number of nitrogens with one attached hydrogen (secondary N) is 3. The highest BCUT2D eigenvalue weighted by atomic mass is 32.1. The Morgan fingerprint density at radius 3 is 2.42 bits per heavy atom. The molecular formula is C38H45N5O7S2. The highest BCUT2D eigenvalue weighted by Crippen LogP contribution is 2.38. The summed E-state index contributed by atoms with van der Waals surface area (Å²) in [6.45, 7) is 3.43. The van der Waals surface area contributed by atoms with Crippen molar-refractivity contribution in [2.45, 2.75) is 76.0 Å². The normalized spacial score (nSPS) is 17.0. The van der Waals surface area contributed by atoms with Crippen LogP contribution in [0.4, 0.5) is 5.69 Å². The van der Waals surface area contributed by atoms with Crippen LogP contribution in [0.5, 0.6) is 5.75 Å². The summed E-state index contributed by atoms with van der Waals surface area (Å²) in [6.07, 6.45) is 2.87. The third-order valence-corrected chi connectivity index (χ3v) is 11.7. The zero-order valence-electron chi connectivity index (χ0n) is 29.2. The molecule has 1 aliphatic carbocycles. The van der Waals surface area contributed by atoms with Crippen molar-refractivity contribution in [1.82, 2.24) is 19.8 Å². The maximum atomic E-state index is 13.4. The van der Waals surface area contributed by atoms with Crippen LogP contribution in [0.15, 0.2) is 76.2 Å². The Morgan fingerprint density at radius 1 is 1.06 bits per heavy atom. The number of hydrogen-bond donors (Lipinski definition) is 6. The van der Waals surface area contributed by atoms with Crippen LogP contribution in [-0.2, 0) is 33.0 Å².